The van der Waals surface area contributed by atoms with Gasteiger partial charge in [0.25, 0.3) is 5.91 Å². The van der Waals surface area contributed by atoms with E-state index in [1.165, 1.54) is 11.8 Å². The first-order valence-electron chi connectivity index (χ1n) is 9.01. The van der Waals surface area contributed by atoms with Gasteiger partial charge in [-0.2, -0.15) is 4.98 Å². The second-order valence-corrected chi connectivity index (χ2v) is 7.16. The maximum atomic E-state index is 12.6. The standard InChI is InChI=1S/C20H19N3O5S/c1-13-22-19(28-23-13)11-29-18-5-3-2-4-15(18)20(24)21-8-9-25-14-6-7-16-17(10-14)27-12-26-16/h2-7,10H,8-9,11-12H2,1H3,(H,21,24). The first-order chi connectivity index (χ1) is 14.2. The number of hydrogen-bond donors (Lipinski definition) is 1. The first kappa shape index (κ1) is 19.1. The molecule has 0 bridgehead atoms. The van der Waals surface area contributed by atoms with Crippen LogP contribution in [0.5, 0.6) is 17.2 Å². The van der Waals surface area contributed by atoms with Gasteiger partial charge in [0.05, 0.1) is 17.9 Å². The van der Waals surface area contributed by atoms with Crippen molar-refractivity contribution >= 4 is 17.7 Å². The fourth-order valence-corrected chi connectivity index (χ4v) is 3.60. The molecule has 2 heterocycles. The van der Waals surface area contributed by atoms with Gasteiger partial charge < -0.3 is 24.1 Å². The van der Waals surface area contributed by atoms with Crippen molar-refractivity contribution in [1.29, 1.82) is 0 Å². The molecule has 1 aliphatic heterocycles. The molecule has 3 aromatic rings. The summed E-state index contributed by atoms with van der Waals surface area (Å²) in [5, 5.41) is 6.65. The van der Waals surface area contributed by atoms with Gasteiger partial charge in [-0.1, -0.05) is 17.3 Å². The van der Waals surface area contributed by atoms with Crippen LogP contribution in [-0.4, -0.2) is 36.0 Å². The van der Waals surface area contributed by atoms with Crippen LogP contribution in [0, 0.1) is 6.92 Å². The van der Waals surface area contributed by atoms with Crippen molar-refractivity contribution in [2.75, 3.05) is 19.9 Å². The number of aromatic nitrogens is 2. The minimum atomic E-state index is -0.163. The summed E-state index contributed by atoms with van der Waals surface area (Å²) in [6, 6.07) is 12.8. The number of aryl methyl sites for hydroxylation is 1. The third kappa shape index (κ3) is 4.80. The fourth-order valence-electron chi connectivity index (χ4n) is 2.71. The minimum absolute atomic E-state index is 0.163. The Bertz CT molecular complexity index is 1010. The lowest BCUT2D eigenvalue weighted by molar-refractivity contribution is 0.0944. The quantitative estimate of drug-likeness (QED) is 0.444. The highest BCUT2D eigenvalue weighted by Crippen LogP contribution is 2.35. The van der Waals surface area contributed by atoms with Gasteiger partial charge >= 0.3 is 0 Å². The summed E-state index contributed by atoms with van der Waals surface area (Å²) < 4.78 is 21.4. The van der Waals surface area contributed by atoms with E-state index in [4.69, 9.17) is 18.7 Å². The fraction of sp³-hybridized carbons (Fsp3) is 0.250. The smallest absolute Gasteiger partial charge is 0.252 e. The zero-order valence-corrected chi connectivity index (χ0v) is 16.5. The number of hydrogen-bond acceptors (Lipinski definition) is 8. The summed E-state index contributed by atoms with van der Waals surface area (Å²) in [6.07, 6.45) is 0. The van der Waals surface area contributed by atoms with E-state index < -0.39 is 0 Å². The van der Waals surface area contributed by atoms with Crippen LogP contribution in [0.1, 0.15) is 22.1 Å². The van der Waals surface area contributed by atoms with Crippen molar-refractivity contribution in [2.45, 2.75) is 17.6 Å². The van der Waals surface area contributed by atoms with Gasteiger partial charge in [-0.25, -0.2) is 0 Å². The van der Waals surface area contributed by atoms with Crippen LogP contribution in [0.2, 0.25) is 0 Å². The van der Waals surface area contributed by atoms with Crippen molar-refractivity contribution in [1.82, 2.24) is 15.5 Å². The van der Waals surface area contributed by atoms with Crippen LogP contribution < -0.4 is 19.5 Å². The summed E-state index contributed by atoms with van der Waals surface area (Å²) in [4.78, 5) is 17.6. The molecule has 4 rings (SSSR count). The number of nitrogens with one attached hydrogen (secondary N) is 1. The van der Waals surface area contributed by atoms with E-state index in [9.17, 15) is 4.79 Å². The number of rotatable bonds is 8. The maximum Gasteiger partial charge on any atom is 0.252 e. The third-order valence-corrected chi connectivity index (χ3v) is 5.11. The van der Waals surface area contributed by atoms with E-state index in [0.717, 1.165) is 4.90 Å². The normalized spacial score (nSPS) is 12.0. The van der Waals surface area contributed by atoms with Gasteiger partial charge in [-0.05, 0) is 31.2 Å². The average Bonchev–Trinajstić information content (AvgIpc) is 3.38. The molecule has 1 aromatic heterocycles. The largest absolute Gasteiger partial charge is 0.492 e. The van der Waals surface area contributed by atoms with Gasteiger partial charge in [-0.3, -0.25) is 4.79 Å². The number of carbonyl (C=O) groups is 1. The summed E-state index contributed by atoms with van der Waals surface area (Å²) in [7, 11) is 0. The SMILES string of the molecule is Cc1noc(CSc2ccccc2C(=O)NCCOc2ccc3c(c2)OCO3)n1. The number of benzene rings is 2. The lowest BCUT2D eigenvalue weighted by Gasteiger charge is -2.10. The Morgan fingerprint density at radius 3 is 2.93 bits per heavy atom. The van der Waals surface area contributed by atoms with E-state index in [0.29, 0.717) is 53.4 Å². The number of nitrogens with zero attached hydrogens (tertiary/aromatic N) is 2. The lowest BCUT2D eigenvalue weighted by atomic mass is 10.2. The molecule has 9 heteroatoms. The molecule has 1 aliphatic rings. The van der Waals surface area contributed by atoms with E-state index in [1.807, 2.05) is 18.2 Å². The van der Waals surface area contributed by atoms with E-state index in [-0.39, 0.29) is 12.7 Å². The van der Waals surface area contributed by atoms with Crippen LogP contribution in [0.4, 0.5) is 0 Å². The molecular formula is C20H19N3O5S. The van der Waals surface area contributed by atoms with Crippen molar-refractivity contribution in [2.24, 2.45) is 0 Å². The molecule has 0 fully saturated rings. The number of amides is 1. The molecule has 0 atom stereocenters. The summed E-state index contributed by atoms with van der Waals surface area (Å²) >= 11 is 1.48. The molecule has 0 unspecified atom stereocenters. The Morgan fingerprint density at radius 1 is 1.21 bits per heavy atom. The highest BCUT2D eigenvalue weighted by Gasteiger charge is 2.15. The predicted octanol–water partition coefficient (Wildman–Crippen LogP) is 3.21. The predicted molar refractivity (Wildman–Crippen MR) is 105 cm³/mol. The van der Waals surface area contributed by atoms with Crippen LogP contribution in [-0.2, 0) is 5.75 Å². The van der Waals surface area contributed by atoms with Crippen molar-refractivity contribution < 1.29 is 23.5 Å². The Morgan fingerprint density at radius 2 is 2.07 bits per heavy atom. The van der Waals surface area contributed by atoms with Gasteiger partial charge in [0, 0.05) is 11.0 Å². The molecule has 2 aromatic carbocycles. The van der Waals surface area contributed by atoms with E-state index in [1.54, 1.807) is 31.2 Å². The zero-order chi connectivity index (χ0) is 20.1. The molecule has 150 valence electrons. The molecule has 29 heavy (non-hydrogen) atoms. The number of fused-ring (bicyclic) bond motifs is 1. The van der Waals surface area contributed by atoms with Crippen LogP contribution in [0.15, 0.2) is 51.9 Å². The second-order valence-electron chi connectivity index (χ2n) is 6.14. The number of ether oxygens (including phenoxy) is 3. The third-order valence-electron chi connectivity index (χ3n) is 4.05. The van der Waals surface area contributed by atoms with Crippen molar-refractivity contribution in [3.8, 4) is 17.2 Å². The molecule has 0 saturated carbocycles. The summed E-state index contributed by atoms with van der Waals surface area (Å²) in [6.45, 7) is 2.69. The highest BCUT2D eigenvalue weighted by molar-refractivity contribution is 7.98. The van der Waals surface area contributed by atoms with Crippen molar-refractivity contribution in [3.63, 3.8) is 0 Å². The van der Waals surface area contributed by atoms with Gasteiger partial charge in [0.1, 0.15) is 12.4 Å². The summed E-state index contributed by atoms with van der Waals surface area (Å²) in [5.41, 5.74) is 0.594. The Kier molecular flexibility index (Phi) is 5.85. The Hall–Kier alpha value is -3.20. The minimum Gasteiger partial charge on any atom is -0.492 e. The van der Waals surface area contributed by atoms with Gasteiger partial charge in [-0.15, -0.1) is 11.8 Å². The Balaban J connectivity index is 1.28. The topological polar surface area (TPSA) is 95.7 Å². The molecule has 1 N–H and O–H groups in total. The van der Waals surface area contributed by atoms with Crippen molar-refractivity contribution in [3.05, 3.63) is 59.7 Å². The summed E-state index contributed by atoms with van der Waals surface area (Å²) in [5.74, 6) is 3.48. The molecule has 0 spiro atoms. The van der Waals surface area contributed by atoms with E-state index >= 15 is 0 Å². The van der Waals surface area contributed by atoms with E-state index in [2.05, 4.69) is 15.5 Å². The zero-order valence-electron chi connectivity index (χ0n) is 15.7. The van der Waals surface area contributed by atoms with Gasteiger partial charge in [0.2, 0.25) is 12.7 Å². The first-order valence-corrected chi connectivity index (χ1v) is 9.99. The molecule has 0 saturated heterocycles. The average molecular weight is 413 g/mol. The number of carbonyl (C=O) groups excluding carboxylic acids is 1. The van der Waals surface area contributed by atoms with Gasteiger partial charge in [0.15, 0.2) is 17.3 Å². The molecule has 8 nitrogen and oxygen atoms in total. The molecule has 1 amide bonds. The number of thioether (sulfide) groups is 1. The second kappa shape index (κ2) is 8.87. The Labute approximate surface area is 171 Å². The monoisotopic (exact) mass is 413 g/mol. The van der Waals surface area contributed by atoms with Crippen LogP contribution in [0.25, 0.3) is 0 Å². The molecule has 0 radical (unpaired) electrons. The van der Waals surface area contributed by atoms with Crippen LogP contribution in [0.3, 0.4) is 0 Å². The highest BCUT2D eigenvalue weighted by atomic mass is 32.2. The molecular weight excluding hydrogens is 394 g/mol. The lowest BCUT2D eigenvalue weighted by Crippen LogP contribution is -2.28. The molecule has 0 aliphatic carbocycles. The van der Waals surface area contributed by atoms with Crippen LogP contribution >= 0.6 is 11.8 Å². The maximum absolute atomic E-state index is 12.6.